The predicted molar refractivity (Wildman–Crippen MR) is 103 cm³/mol. The van der Waals surface area contributed by atoms with Gasteiger partial charge >= 0.3 is 11.9 Å². The monoisotopic (exact) mass is 378 g/mol. The summed E-state index contributed by atoms with van der Waals surface area (Å²) in [6.45, 7) is 0.599. The van der Waals surface area contributed by atoms with E-state index in [1.165, 1.54) is 6.26 Å². The van der Waals surface area contributed by atoms with Crippen molar-refractivity contribution in [1.82, 2.24) is 20.0 Å². The molecule has 0 unspecified atom stereocenters. The average Bonchev–Trinajstić information content (AvgIpc) is 3.28. The number of oxazole rings is 1. The molecule has 4 rings (SSSR count). The number of benzene rings is 2. The van der Waals surface area contributed by atoms with E-state index in [1.54, 1.807) is 10.6 Å². The number of hydrogen-bond acceptors (Lipinski definition) is 4. The van der Waals surface area contributed by atoms with Crippen molar-refractivity contribution in [1.29, 1.82) is 0 Å². The Morgan fingerprint density at radius 1 is 1.07 bits per heavy atom. The number of carbonyl (C=O) groups excluding carboxylic acids is 1. The second-order valence-electron chi connectivity index (χ2n) is 6.27. The van der Waals surface area contributed by atoms with Crippen LogP contribution in [0.25, 0.3) is 27.9 Å². The Labute approximate surface area is 159 Å². The highest BCUT2D eigenvalue weighted by Crippen LogP contribution is 2.28. The second-order valence-corrected chi connectivity index (χ2v) is 6.27. The SMILES string of the molecule is O=C(O)NCCCNC(=O)c1c(-c2ccc3ccccc3c2)nc2occn12. The fourth-order valence-corrected chi connectivity index (χ4v) is 3.11. The molecule has 0 fully saturated rings. The first kappa shape index (κ1) is 17.6. The lowest BCUT2D eigenvalue weighted by molar-refractivity contribution is 0.0948. The van der Waals surface area contributed by atoms with Gasteiger partial charge in [0, 0.05) is 24.8 Å². The molecule has 0 aliphatic carbocycles. The predicted octanol–water partition coefficient (Wildman–Crippen LogP) is 3.14. The van der Waals surface area contributed by atoms with E-state index in [9.17, 15) is 9.59 Å². The van der Waals surface area contributed by atoms with Gasteiger partial charge in [0.15, 0.2) is 0 Å². The van der Waals surface area contributed by atoms with Gasteiger partial charge in [0.1, 0.15) is 17.7 Å². The fourth-order valence-electron chi connectivity index (χ4n) is 3.11. The van der Waals surface area contributed by atoms with Gasteiger partial charge < -0.3 is 20.2 Å². The number of amides is 2. The van der Waals surface area contributed by atoms with E-state index in [-0.39, 0.29) is 12.5 Å². The Balaban J connectivity index is 1.63. The number of carboxylic acid groups (broad SMARTS) is 1. The van der Waals surface area contributed by atoms with Crippen LogP contribution in [0.3, 0.4) is 0 Å². The molecule has 0 bridgehead atoms. The zero-order valence-corrected chi connectivity index (χ0v) is 14.9. The molecule has 0 saturated carbocycles. The van der Waals surface area contributed by atoms with E-state index in [1.807, 2.05) is 42.5 Å². The lowest BCUT2D eigenvalue weighted by Crippen LogP contribution is -2.30. The highest BCUT2D eigenvalue weighted by molar-refractivity contribution is 6.00. The first-order valence-corrected chi connectivity index (χ1v) is 8.83. The van der Waals surface area contributed by atoms with E-state index in [2.05, 4.69) is 15.6 Å². The summed E-state index contributed by atoms with van der Waals surface area (Å²) in [5.41, 5.74) is 1.73. The topological polar surface area (TPSA) is 109 Å². The van der Waals surface area contributed by atoms with Crippen molar-refractivity contribution in [2.75, 3.05) is 13.1 Å². The van der Waals surface area contributed by atoms with Gasteiger partial charge in [0.05, 0.1) is 0 Å². The van der Waals surface area contributed by atoms with Crippen molar-refractivity contribution in [2.24, 2.45) is 0 Å². The van der Waals surface area contributed by atoms with Gasteiger partial charge in [-0.1, -0.05) is 36.4 Å². The highest BCUT2D eigenvalue weighted by atomic mass is 16.4. The van der Waals surface area contributed by atoms with Crippen LogP contribution in [-0.4, -0.2) is 39.6 Å². The number of nitrogens with zero attached hydrogens (tertiary/aromatic N) is 2. The molecule has 2 amide bonds. The summed E-state index contributed by atoms with van der Waals surface area (Å²) in [6, 6.07) is 13.9. The van der Waals surface area contributed by atoms with Crippen molar-refractivity contribution < 1.29 is 19.1 Å². The van der Waals surface area contributed by atoms with Gasteiger partial charge in [0.2, 0.25) is 0 Å². The minimum Gasteiger partial charge on any atom is -0.465 e. The number of aromatic nitrogens is 2. The second kappa shape index (κ2) is 7.43. The summed E-state index contributed by atoms with van der Waals surface area (Å²) in [7, 11) is 0. The summed E-state index contributed by atoms with van der Waals surface area (Å²) in [4.78, 5) is 27.8. The molecule has 8 heteroatoms. The maximum atomic E-state index is 12.8. The zero-order valence-electron chi connectivity index (χ0n) is 14.9. The molecule has 0 radical (unpaired) electrons. The molecule has 0 aliphatic rings. The Morgan fingerprint density at radius 2 is 1.86 bits per heavy atom. The van der Waals surface area contributed by atoms with E-state index in [0.717, 1.165) is 16.3 Å². The Bertz CT molecular complexity index is 1160. The Kier molecular flexibility index (Phi) is 4.67. The van der Waals surface area contributed by atoms with Gasteiger partial charge in [0.25, 0.3) is 5.91 Å². The number of imidazole rings is 1. The average molecular weight is 378 g/mol. The number of rotatable bonds is 6. The van der Waals surface area contributed by atoms with Gasteiger partial charge in [-0.3, -0.25) is 9.20 Å². The van der Waals surface area contributed by atoms with E-state index in [0.29, 0.717) is 30.2 Å². The first-order chi connectivity index (χ1) is 13.6. The lowest BCUT2D eigenvalue weighted by Gasteiger charge is -2.07. The molecule has 0 atom stereocenters. The molecule has 2 heterocycles. The van der Waals surface area contributed by atoms with E-state index >= 15 is 0 Å². The van der Waals surface area contributed by atoms with Crippen LogP contribution in [0.5, 0.6) is 0 Å². The fraction of sp³-hybridized carbons (Fsp3) is 0.150. The van der Waals surface area contributed by atoms with Crippen molar-refractivity contribution in [2.45, 2.75) is 6.42 Å². The van der Waals surface area contributed by atoms with E-state index in [4.69, 9.17) is 9.52 Å². The van der Waals surface area contributed by atoms with Crippen LogP contribution in [0.2, 0.25) is 0 Å². The van der Waals surface area contributed by atoms with Gasteiger partial charge in [-0.2, -0.15) is 4.98 Å². The zero-order chi connectivity index (χ0) is 19.5. The third-order valence-corrected chi connectivity index (χ3v) is 4.42. The van der Waals surface area contributed by atoms with Crippen LogP contribution >= 0.6 is 0 Å². The Morgan fingerprint density at radius 3 is 2.68 bits per heavy atom. The number of nitrogens with one attached hydrogen (secondary N) is 2. The van der Waals surface area contributed by atoms with Crippen molar-refractivity contribution in [3.8, 4) is 11.3 Å². The molecule has 0 spiro atoms. The van der Waals surface area contributed by atoms with E-state index < -0.39 is 6.09 Å². The van der Waals surface area contributed by atoms with Crippen LogP contribution in [0.15, 0.2) is 59.3 Å². The van der Waals surface area contributed by atoms with Crippen LogP contribution in [0.1, 0.15) is 16.9 Å². The highest BCUT2D eigenvalue weighted by Gasteiger charge is 2.22. The van der Waals surface area contributed by atoms with Gasteiger partial charge in [-0.15, -0.1) is 0 Å². The molecule has 2 aromatic carbocycles. The normalized spacial score (nSPS) is 11.0. The quantitative estimate of drug-likeness (QED) is 0.447. The minimum absolute atomic E-state index is 0.265. The van der Waals surface area contributed by atoms with Gasteiger partial charge in [-0.25, -0.2) is 4.79 Å². The first-order valence-electron chi connectivity index (χ1n) is 8.83. The van der Waals surface area contributed by atoms with Crippen LogP contribution in [0, 0.1) is 0 Å². The van der Waals surface area contributed by atoms with Gasteiger partial charge in [-0.05, 0) is 23.3 Å². The number of fused-ring (bicyclic) bond motifs is 2. The van der Waals surface area contributed by atoms with Crippen molar-refractivity contribution >= 4 is 28.6 Å². The number of carbonyl (C=O) groups is 2. The summed E-state index contributed by atoms with van der Waals surface area (Å²) in [5.74, 6) is 0.0354. The molecule has 0 saturated heterocycles. The smallest absolute Gasteiger partial charge is 0.404 e. The van der Waals surface area contributed by atoms with Crippen LogP contribution in [0.4, 0.5) is 4.79 Å². The molecule has 4 aromatic rings. The molecule has 3 N–H and O–H groups in total. The van der Waals surface area contributed by atoms with Crippen LogP contribution < -0.4 is 10.6 Å². The molecular formula is C20H18N4O4. The summed E-state index contributed by atoms with van der Waals surface area (Å²) < 4.78 is 6.97. The summed E-state index contributed by atoms with van der Waals surface area (Å²) >= 11 is 0. The Hall–Kier alpha value is -3.81. The standard InChI is InChI=1S/C20H18N4O4/c25-18(21-8-3-9-22-20(26)27)17-16(23-19-24(17)10-11-28-19)15-7-6-13-4-1-2-5-14(13)12-15/h1-2,4-7,10-12,22H,3,8-9H2,(H,21,25)(H,26,27). The van der Waals surface area contributed by atoms with Crippen molar-refractivity contribution in [3.63, 3.8) is 0 Å². The molecule has 2 aromatic heterocycles. The third-order valence-electron chi connectivity index (χ3n) is 4.42. The third kappa shape index (κ3) is 3.39. The minimum atomic E-state index is -1.08. The maximum absolute atomic E-state index is 12.8. The number of hydrogen-bond donors (Lipinski definition) is 3. The molecule has 0 aliphatic heterocycles. The molecular weight excluding hydrogens is 360 g/mol. The largest absolute Gasteiger partial charge is 0.465 e. The maximum Gasteiger partial charge on any atom is 0.404 e. The molecule has 28 heavy (non-hydrogen) atoms. The molecule has 142 valence electrons. The molecule has 8 nitrogen and oxygen atoms in total. The lowest BCUT2D eigenvalue weighted by atomic mass is 10.0. The summed E-state index contributed by atoms with van der Waals surface area (Å²) in [6.07, 6.45) is 2.52. The van der Waals surface area contributed by atoms with Crippen molar-refractivity contribution in [3.05, 3.63) is 60.6 Å². The summed E-state index contributed by atoms with van der Waals surface area (Å²) in [5, 5.41) is 15.8. The van der Waals surface area contributed by atoms with Crippen LogP contribution in [-0.2, 0) is 0 Å².